The number of nitrogens with zero attached hydrogens (tertiary/aromatic N) is 2. The maximum atomic E-state index is 12.6. The van der Waals surface area contributed by atoms with Crippen LogP contribution in [0.15, 0.2) is 42.0 Å². The van der Waals surface area contributed by atoms with Crippen molar-refractivity contribution in [3.63, 3.8) is 0 Å². The van der Waals surface area contributed by atoms with Gasteiger partial charge in [-0.1, -0.05) is 6.07 Å². The van der Waals surface area contributed by atoms with Crippen LogP contribution in [0.2, 0.25) is 0 Å². The lowest BCUT2D eigenvalue weighted by Gasteiger charge is -2.28. The van der Waals surface area contributed by atoms with Crippen LogP contribution in [0.1, 0.15) is 16.1 Å². The number of carbonyl (C=O) groups excluding carboxylic acids is 2. The summed E-state index contributed by atoms with van der Waals surface area (Å²) in [5.74, 6) is 0.787. The summed E-state index contributed by atoms with van der Waals surface area (Å²) in [6.07, 6.45) is 4.04. The number of rotatable bonds is 4. The van der Waals surface area contributed by atoms with Crippen molar-refractivity contribution in [2.45, 2.75) is 6.42 Å². The van der Waals surface area contributed by atoms with Crippen molar-refractivity contribution in [3.8, 4) is 5.75 Å². The van der Waals surface area contributed by atoms with Crippen molar-refractivity contribution in [1.82, 2.24) is 15.2 Å². The first-order valence-electron chi connectivity index (χ1n) is 8.33. The topological polar surface area (TPSA) is 71.5 Å². The Morgan fingerprint density at radius 1 is 1.44 bits per heavy atom. The first kappa shape index (κ1) is 16.1. The van der Waals surface area contributed by atoms with Crippen LogP contribution in [-0.4, -0.2) is 47.9 Å². The molecule has 6 nitrogen and oxygen atoms in total. The number of hydrogen-bond acceptors (Lipinski definition) is 5. The summed E-state index contributed by atoms with van der Waals surface area (Å²) in [5, 5.41) is 4.86. The van der Waals surface area contributed by atoms with Crippen LogP contribution < -0.4 is 10.1 Å². The van der Waals surface area contributed by atoms with Gasteiger partial charge in [0, 0.05) is 31.7 Å². The van der Waals surface area contributed by atoms with Gasteiger partial charge in [-0.25, -0.2) is 0 Å². The van der Waals surface area contributed by atoms with Crippen molar-refractivity contribution in [2.24, 2.45) is 11.3 Å². The minimum atomic E-state index is -0.546. The van der Waals surface area contributed by atoms with Gasteiger partial charge in [0.05, 0.1) is 23.1 Å². The molecular weight excluding hydrogens is 338 g/mol. The zero-order valence-electron chi connectivity index (χ0n) is 13.7. The van der Waals surface area contributed by atoms with E-state index in [-0.39, 0.29) is 17.7 Å². The van der Waals surface area contributed by atoms with Gasteiger partial charge >= 0.3 is 0 Å². The predicted octanol–water partition coefficient (Wildman–Crippen LogP) is 1.80. The van der Waals surface area contributed by atoms with Gasteiger partial charge in [-0.15, -0.1) is 11.3 Å². The second-order valence-corrected chi connectivity index (χ2v) is 7.46. The summed E-state index contributed by atoms with van der Waals surface area (Å²) < 4.78 is 5.84. The molecule has 2 aromatic rings. The lowest BCUT2D eigenvalue weighted by atomic mass is 9.77. The number of aromatic nitrogens is 1. The average Bonchev–Trinajstić information content (AvgIpc) is 3.37. The summed E-state index contributed by atoms with van der Waals surface area (Å²) in [7, 11) is 0. The van der Waals surface area contributed by atoms with Crippen LogP contribution in [-0.2, 0) is 4.79 Å². The molecule has 2 aromatic heterocycles. The zero-order valence-corrected chi connectivity index (χ0v) is 14.5. The normalized spacial score (nSPS) is 25.4. The standard InChI is InChI=1S/C18H19N3O3S/c22-16(15-4-2-8-25-15)21-7-5-18(12-21)13(9-20-17(18)23)11-24-14-3-1-6-19-10-14/h1-4,6,8,10,13H,5,7,9,11-12H2,(H,20,23)/t13-,18+/m1/s1. The van der Waals surface area contributed by atoms with Crippen molar-refractivity contribution in [1.29, 1.82) is 0 Å². The van der Waals surface area contributed by atoms with Gasteiger partial charge in [-0.2, -0.15) is 0 Å². The fraction of sp³-hybridized carbons (Fsp3) is 0.389. The Bertz CT molecular complexity index is 765. The van der Waals surface area contributed by atoms with Crippen molar-refractivity contribution < 1.29 is 14.3 Å². The summed E-state index contributed by atoms with van der Waals surface area (Å²) in [5.41, 5.74) is -0.546. The maximum Gasteiger partial charge on any atom is 0.263 e. The number of pyridine rings is 1. The molecule has 0 unspecified atom stereocenters. The number of hydrogen-bond donors (Lipinski definition) is 1. The third kappa shape index (κ3) is 2.89. The number of ether oxygens (including phenoxy) is 1. The number of carbonyl (C=O) groups is 2. The van der Waals surface area contributed by atoms with Gasteiger partial charge in [0.25, 0.3) is 5.91 Å². The molecular formula is C18H19N3O3S. The number of thiophene rings is 1. The SMILES string of the molecule is O=C(c1cccs1)N1CC[C@@]2(C1)C(=O)NC[C@@H]2COc1cccnc1. The molecule has 130 valence electrons. The van der Waals surface area contributed by atoms with E-state index in [0.29, 0.717) is 38.4 Å². The fourth-order valence-corrected chi connectivity index (χ4v) is 4.39. The van der Waals surface area contributed by atoms with Gasteiger partial charge in [0.2, 0.25) is 5.91 Å². The fourth-order valence-electron chi connectivity index (χ4n) is 3.70. The van der Waals surface area contributed by atoms with Crippen LogP contribution in [0.4, 0.5) is 0 Å². The highest BCUT2D eigenvalue weighted by atomic mass is 32.1. The third-order valence-corrected chi connectivity index (χ3v) is 6.01. The van der Waals surface area contributed by atoms with Gasteiger partial charge in [-0.3, -0.25) is 14.6 Å². The molecule has 2 aliphatic rings. The molecule has 2 saturated heterocycles. The van der Waals surface area contributed by atoms with E-state index in [1.54, 1.807) is 17.3 Å². The van der Waals surface area contributed by atoms with Crippen LogP contribution in [0, 0.1) is 11.3 Å². The highest BCUT2D eigenvalue weighted by Gasteiger charge is 2.55. The molecule has 0 radical (unpaired) electrons. The van der Waals surface area contributed by atoms with Gasteiger partial charge in [0.1, 0.15) is 5.75 Å². The summed E-state index contributed by atoms with van der Waals surface area (Å²) >= 11 is 1.43. The number of amides is 2. The van der Waals surface area contributed by atoms with Crippen molar-refractivity contribution in [2.75, 3.05) is 26.2 Å². The van der Waals surface area contributed by atoms with E-state index in [4.69, 9.17) is 4.74 Å². The quantitative estimate of drug-likeness (QED) is 0.906. The molecule has 0 bridgehead atoms. The molecule has 2 atom stereocenters. The van der Waals surface area contributed by atoms with Crippen LogP contribution >= 0.6 is 11.3 Å². The van der Waals surface area contributed by atoms with Gasteiger partial charge in [-0.05, 0) is 30.0 Å². The molecule has 4 heterocycles. The maximum absolute atomic E-state index is 12.6. The second-order valence-electron chi connectivity index (χ2n) is 6.52. The predicted molar refractivity (Wildman–Crippen MR) is 93.5 cm³/mol. The molecule has 7 heteroatoms. The van der Waals surface area contributed by atoms with E-state index in [0.717, 1.165) is 4.88 Å². The Morgan fingerprint density at radius 2 is 2.36 bits per heavy atom. The van der Waals surface area contributed by atoms with E-state index in [1.807, 2.05) is 29.6 Å². The van der Waals surface area contributed by atoms with Gasteiger partial charge in [0.15, 0.2) is 0 Å². The molecule has 4 rings (SSSR count). The third-order valence-electron chi connectivity index (χ3n) is 5.15. The van der Waals surface area contributed by atoms with E-state index in [9.17, 15) is 9.59 Å². The Morgan fingerprint density at radius 3 is 3.12 bits per heavy atom. The summed E-state index contributed by atoms with van der Waals surface area (Å²) in [6.45, 7) is 2.08. The van der Waals surface area contributed by atoms with Crippen LogP contribution in [0.5, 0.6) is 5.75 Å². The molecule has 1 spiro atoms. The molecule has 25 heavy (non-hydrogen) atoms. The van der Waals surface area contributed by atoms with E-state index in [2.05, 4.69) is 10.3 Å². The number of likely N-dealkylation sites (tertiary alicyclic amines) is 1. The summed E-state index contributed by atoms with van der Waals surface area (Å²) in [4.78, 5) is 31.7. The first-order chi connectivity index (χ1) is 12.2. The van der Waals surface area contributed by atoms with Crippen LogP contribution in [0.3, 0.4) is 0 Å². The molecule has 0 saturated carbocycles. The molecule has 1 N–H and O–H groups in total. The zero-order chi connectivity index (χ0) is 17.3. The Kier molecular flexibility index (Phi) is 4.17. The lowest BCUT2D eigenvalue weighted by Crippen LogP contribution is -2.41. The lowest BCUT2D eigenvalue weighted by molar-refractivity contribution is -0.128. The average molecular weight is 357 g/mol. The molecule has 2 amide bonds. The van der Waals surface area contributed by atoms with Crippen molar-refractivity contribution >= 4 is 23.2 Å². The Balaban J connectivity index is 1.47. The minimum absolute atomic E-state index is 0.0125. The Hall–Kier alpha value is -2.41. The van der Waals surface area contributed by atoms with Gasteiger partial charge < -0.3 is 15.0 Å². The second kappa shape index (κ2) is 6.48. The highest BCUT2D eigenvalue weighted by molar-refractivity contribution is 7.12. The monoisotopic (exact) mass is 357 g/mol. The van der Waals surface area contributed by atoms with E-state index in [1.165, 1.54) is 11.3 Å². The Labute approximate surface area is 149 Å². The van der Waals surface area contributed by atoms with E-state index >= 15 is 0 Å². The molecule has 2 fully saturated rings. The minimum Gasteiger partial charge on any atom is -0.492 e. The smallest absolute Gasteiger partial charge is 0.263 e. The molecule has 0 aliphatic carbocycles. The summed E-state index contributed by atoms with van der Waals surface area (Å²) in [6, 6.07) is 7.37. The molecule has 2 aliphatic heterocycles. The van der Waals surface area contributed by atoms with Crippen molar-refractivity contribution in [3.05, 3.63) is 46.9 Å². The number of nitrogens with one attached hydrogen (secondary N) is 1. The molecule has 0 aromatic carbocycles. The van der Waals surface area contributed by atoms with E-state index < -0.39 is 5.41 Å². The highest BCUT2D eigenvalue weighted by Crippen LogP contribution is 2.42. The first-order valence-corrected chi connectivity index (χ1v) is 9.21. The largest absolute Gasteiger partial charge is 0.492 e. The van der Waals surface area contributed by atoms with Crippen LogP contribution in [0.25, 0.3) is 0 Å².